The highest BCUT2D eigenvalue weighted by Crippen LogP contribution is 2.11. The SMILES string of the molecule is CCCN(CC)CCNc1nc(N)cc(Br)n1. The molecule has 3 N–H and O–H groups in total. The Bertz CT molecular complexity index is 324. The van der Waals surface area contributed by atoms with Crippen molar-refractivity contribution in [2.45, 2.75) is 20.3 Å². The second-order valence-electron chi connectivity index (χ2n) is 3.80. The van der Waals surface area contributed by atoms with E-state index >= 15 is 0 Å². The molecule has 0 bridgehead atoms. The van der Waals surface area contributed by atoms with Crippen LogP contribution in [0.2, 0.25) is 0 Å². The van der Waals surface area contributed by atoms with Gasteiger partial charge < -0.3 is 16.0 Å². The molecule has 0 aromatic carbocycles. The molecule has 0 aliphatic heterocycles. The van der Waals surface area contributed by atoms with Gasteiger partial charge in [0.15, 0.2) is 0 Å². The summed E-state index contributed by atoms with van der Waals surface area (Å²) in [6.07, 6.45) is 1.17. The van der Waals surface area contributed by atoms with Gasteiger partial charge in [-0.25, -0.2) is 4.98 Å². The Morgan fingerprint density at radius 2 is 2.12 bits per heavy atom. The number of nitrogens with one attached hydrogen (secondary N) is 1. The van der Waals surface area contributed by atoms with E-state index in [0.29, 0.717) is 16.4 Å². The van der Waals surface area contributed by atoms with Gasteiger partial charge in [0, 0.05) is 19.2 Å². The van der Waals surface area contributed by atoms with Crippen LogP contribution >= 0.6 is 15.9 Å². The molecule has 6 heteroatoms. The first-order chi connectivity index (χ1) is 8.15. The third-order valence-electron chi connectivity index (χ3n) is 2.41. The summed E-state index contributed by atoms with van der Waals surface area (Å²) in [6, 6.07) is 1.68. The summed E-state index contributed by atoms with van der Waals surface area (Å²) in [7, 11) is 0. The van der Waals surface area contributed by atoms with Gasteiger partial charge in [0.1, 0.15) is 10.4 Å². The second-order valence-corrected chi connectivity index (χ2v) is 4.61. The fraction of sp³-hybridized carbons (Fsp3) is 0.636. The molecule has 1 rings (SSSR count). The molecule has 0 atom stereocenters. The number of nitrogen functional groups attached to an aromatic ring is 1. The average Bonchev–Trinajstić information content (AvgIpc) is 2.26. The van der Waals surface area contributed by atoms with Crippen LogP contribution in [0.5, 0.6) is 0 Å². The van der Waals surface area contributed by atoms with Gasteiger partial charge in [-0.1, -0.05) is 13.8 Å². The molecule has 0 fully saturated rings. The highest BCUT2D eigenvalue weighted by molar-refractivity contribution is 9.10. The van der Waals surface area contributed by atoms with Crippen LogP contribution in [0, 0.1) is 0 Å². The fourth-order valence-corrected chi connectivity index (χ4v) is 1.99. The van der Waals surface area contributed by atoms with E-state index < -0.39 is 0 Å². The third-order valence-corrected chi connectivity index (χ3v) is 2.82. The Morgan fingerprint density at radius 3 is 2.71 bits per heavy atom. The predicted octanol–water partition coefficient (Wildman–Crippen LogP) is 1.97. The highest BCUT2D eigenvalue weighted by atomic mass is 79.9. The van der Waals surface area contributed by atoms with Crippen molar-refractivity contribution in [2.24, 2.45) is 0 Å². The minimum atomic E-state index is 0.468. The topological polar surface area (TPSA) is 67.1 Å². The molecule has 5 nitrogen and oxygen atoms in total. The number of likely N-dealkylation sites (N-methyl/N-ethyl adjacent to an activating group) is 1. The van der Waals surface area contributed by atoms with E-state index in [1.54, 1.807) is 6.07 Å². The van der Waals surface area contributed by atoms with Crippen LogP contribution in [-0.2, 0) is 0 Å². The van der Waals surface area contributed by atoms with Crippen molar-refractivity contribution >= 4 is 27.7 Å². The number of halogens is 1. The van der Waals surface area contributed by atoms with Crippen molar-refractivity contribution in [2.75, 3.05) is 37.2 Å². The predicted molar refractivity (Wildman–Crippen MR) is 75.0 cm³/mol. The summed E-state index contributed by atoms with van der Waals surface area (Å²) < 4.78 is 0.702. The molecule has 0 radical (unpaired) electrons. The van der Waals surface area contributed by atoms with Gasteiger partial charge in [-0.15, -0.1) is 0 Å². The van der Waals surface area contributed by atoms with E-state index in [1.807, 2.05) is 0 Å². The molecule has 0 unspecified atom stereocenters. The number of hydrogen-bond donors (Lipinski definition) is 2. The summed E-state index contributed by atoms with van der Waals surface area (Å²) in [5, 5.41) is 3.18. The van der Waals surface area contributed by atoms with Crippen LogP contribution in [0.3, 0.4) is 0 Å². The number of anilines is 2. The number of aromatic nitrogens is 2. The van der Waals surface area contributed by atoms with E-state index in [4.69, 9.17) is 5.73 Å². The first-order valence-corrected chi connectivity index (χ1v) is 6.71. The van der Waals surface area contributed by atoms with E-state index in [1.165, 1.54) is 6.42 Å². The van der Waals surface area contributed by atoms with E-state index in [9.17, 15) is 0 Å². The first-order valence-electron chi connectivity index (χ1n) is 5.92. The van der Waals surface area contributed by atoms with Gasteiger partial charge in [0.05, 0.1) is 0 Å². The van der Waals surface area contributed by atoms with E-state index in [2.05, 4.69) is 50.0 Å². The Kier molecular flexibility index (Phi) is 6.21. The van der Waals surface area contributed by atoms with Crippen molar-refractivity contribution in [1.29, 1.82) is 0 Å². The Labute approximate surface area is 111 Å². The number of nitrogens with zero attached hydrogens (tertiary/aromatic N) is 3. The summed E-state index contributed by atoms with van der Waals surface area (Å²) >= 11 is 3.29. The van der Waals surface area contributed by atoms with Gasteiger partial charge in [0.25, 0.3) is 0 Å². The molecule has 1 aromatic rings. The fourth-order valence-electron chi connectivity index (χ4n) is 1.58. The van der Waals surface area contributed by atoms with Crippen LogP contribution < -0.4 is 11.1 Å². The van der Waals surface area contributed by atoms with Gasteiger partial charge in [-0.2, -0.15) is 4.98 Å². The van der Waals surface area contributed by atoms with Crippen LogP contribution in [-0.4, -0.2) is 41.0 Å². The molecule has 0 saturated carbocycles. The maximum Gasteiger partial charge on any atom is 0.225 e. The molecule has 1 heterocycles. The van der Waals surface area contributed by atoms with Gasteiger partial charge in [0.2, 0.25) is 5.95 Å². The van der Waals surface area contributed by atoms with E-state index in [-0.39, 0.29) is 0 Å². The zero-order valence-electron chi connectivity index (χ0n) is 10.4. The Hall–Kier alpha value is -0.880. The summed E-state index contributed by atoms with van der Waals surface area (Å²) in [6.45, 7) is 8.36. The molecular formula is C11H20BrN5. The van der Waals surface area contributed by atoms with Crippen LogP contribution in [0.15, 0.2) is 10.7 Å². The lowest BCUT2D eigenvalue weighted by molar-refractivity contribution is 0.300. The summed E-state index contributed by atoms with van der Waals surface area (Å²) in [5.41, 5.74) is 5.63. The van der Waals surface area contributed by atoms with Gasteiger partial charge in [-0.3, -0.25) is 0 Å². The molecule has 17 heavy (non-hydrogen) atoms. The number of hydrogen-bond acceptors (Lipinski definition) is 5. The van der Waals surface area contributed by atoms with Crippen molar-refractivity contribution in [3.05, 3.63) is 10.7 Å². The molecule has 0 aliphatic carbocycles. The maximum atomic E-state index is 5.63. The second kappa shape index (κ2) is 7.45. The monoisotopic (exact) mass is 301 g/mol. The lowest BCUT2D eigenvalue weighted by atomic mass is 10.4. The molecular weight excluding hydrogens is 282 g/mol. The normalized spacial score (nSPS) is 10.8. The van der Waals surface area contributed by atoms with Crippen molar-refractivity contribution in [3.8, 4) is 0 Å². The zero-order chi connectivity index (χ0) is 12.7. The molecule has 1 aromatic heterocycles. The largest absolute Gasteiger partial charge is 0.383 e. The summed E-state index contributed by atoms with van der Waals surface area (Å²) in [4.78, 5) is 10.7. The van der Waals surface area contributed by atoms with Gasteiger partial charge in [-0.05, 0) is 35.4 Å². The van der Waals surface area contributed by atoms with Crippen LogP contribution in [0.1, 0.15) is 20.3 Å². The van der Waals surface area contributed by atoms with Crippen LogP contribution in [0.25, 0.3) is 0 Å². The standard InChI is InChI=1S/C11H20BrN5/c1-3-6-17(4-2)7-5-14-11-15-9(12)8-10(13)16-11/h8H,3-7H2,1-2H3,(H3,13,14,15,16). The zero-order valence-corrected chi connectivity index (χ0v) is 12.0. The first kappa shape index (κ1) is 14.2. The smallest absolute Gasteiger partial charge is 0.225 e. The number of rotatable bonds is 7. The maximum absolute atomic E-state index is 5.63. The molecule has 0 aliphatic rings. The molecule has 0 spiro atoms. The van der Waals surface area contributed by atoms with Crippen molar-refractivity contribution in [3.63, 3.8) is 0 Å². The van der Waals surface area contributed by atoms with E-state index in [0.717, 1.165) is 26.2 Å². The third kappa shape index (κ3) is 5.32. The minimum Gasteiger partial charge on any atom is -0.383 e. The molecule has 0 amide bonds. The lowest BCUT2D eigenvalue weighted by Crippen LogP contribution is -2.30. The quantitative estimate of drug-likeness (QED) is 0.754. The highest BCUT2D eigenvalue weighted by Gasteiger charge is 2.02. The minimum absolute atomic E-state index is 0.468. The molecule has 0 saturated heterocycles. The average molecular weight is 302 g/mol. The van der Waals surface area contributed by atoms with Crippen molar-refractivity contribution in [1.82, 2.24) is 14.9 Å². The summed E-state index contributed by atoms with van der Waals surface area (Å²) in [5.74, 6) is 1.04. The van der Waals surface area contributed by atoms with Crippen LogP contribution in [0.4, 0.5) is 11.8 Å². The lowest BCUT2D eigenvalue weighted by Gasteiger charge is -2.19. The van der Waals surface area contributed by atoms with Crippen molar-refractivity contribution < 1.29 is 0 Å². The Balaban J connectivity index is 2.39. The Morgan fingerprint density at radius 1 is 1.35 bits per heavy atom. The number of nitrogens with two attached hydrogens (primary N) is 1. The molecule has 96 valence electrons. The van der Waals surface area contributed by atoms with Gasteiger partial charge >= 0.3 is 0 Å².